The molecule has 7 unspecified atom stereocenters. The zero-order chi connectivity index (χ0) is 12.8. The van der Waals surface area contributed by atoms with Crippen molar-refractivity contribution in [3.8, 4) is 0 Å². The van der Waals surface area contributed by atoms with Crippen LogP contribution in [0.2, 0.25) is 0 Å². The van der Waals surface area contributed by atoms with E-state index < -0.39 is 11.8 Å². The standard InChI is InChI=1S/C14H21NO3/c1-4-15-13(17)9-7-5-8-10(9)14(15,6(2)3)18-12(8)11(7)16/h6-12,16H,4-5H2,1-3H3. The van der Waals surface area contributed by atoms with Gasteiger partial charge in [0.1, 0.15) is 5.72 Å². The smallest absolute Gasteiger partial charge is 0.228 e. The van der Waals surface area contributed by atoms with Crippen LogP contribution in [0.1, 0.15) is 27.2 Å². The van der Waals surface area contributed by atoms with Gasteiger partial charge in [0.25, 0.3) is 0 Å². The van der Waals surface area contributed by atoms with Gasteiger partial charge in [0.2, 0.25) is 5.91 Å². The normalized spacial score (nSPS) is 56.3. The molecule has 0 radical (unpaired) electrons. The number of ether oxygens (including phenoxy) is 1. The topological polar surface area (TPSA) is 49.8 Å². The Morgan fingerprint density at radius 1 is 1.50 bits per heavy atom. The molecule has 1 amide bonds. The summed E-state index contributed by atoms with van der Waals surface area (Å²) in [7, 11) is 0. The second-order valence-electron chi connectivity index (χ2n) is 6.68. The second-order valence-corrected chi connectivity index (χ2v) is 6.68. The number of hydrogen-bond acceptors (Lipinski definition) is 3. The summed E-state index contributed by atoms with van der Waals surface area (Å²) in [5.41, 5.74) is -0.432. The molecule has 4 fully saturated rings. The van der Waals surface area contributed by atoms with Gasteiger partial charge >= 0.3 is 0 Å². The molecule has 2 aliphatic carbocycles. The van der Waals surface area contributed by atoms with Crippen LogP contribution in [-0.2, 0) is 9.53 Å². The molecule has 2 bridgehead atoms. The predicted octanol–water partition coefficient (Wildman–Crippen LogP) is 0.843. The van der Waals surface area contributed by atoms with Crippen LogP contribution in [-0.4, -0.2) is 40.4 Å². The van der Waals surface area contributed by atoms with Crippen LogP contribution in [0.4, 0.5) is 0 Å². The summed E-state index contributed by atoms with van der Waals surface area (Å²) >= 11 is 0. The van der Waals surface area contributed by atoms with Gasteiger partial charge in [-0.2, -0.15) is 0 Å². The minimum Gasteiger partial charge on any atom is -0.390 e. The molecular formula is C14H21NO3. The van der Waals surface area contributed by atoms with Gasteiger partial charge in [-0.3, -0.25) is 4.79 Å². The molecule has 0 aromatic heterocycles. The Balaban J connectivity index is 1.89. The largest absolute Gasteiger partial charge is 0.390 e. The number of fused-ring (bicyclic) bond motifs is 2. The van der Waals surface area contributed by atoms with Crippen LogP contribution in [0.25, 0.3) is 0 Å². The highest BCUT2D eigenvalue weighted by molar-refractivity contribution is 5.84. The number of amides is 1. The lowest BCUT2D eigenvalue weighted by Gasteiger charge is -2.41. The summed E-state index contributed by atoms with van der Waals surface area (Å²) in [4.78, 5) is 14.6. The molecule has 0 aromatic carbocycles. The maximum absolute atomic E-state index is 12.6. The van der Waals surface area contributed by atoms with Crippen molar-refractivity contribution < 1.29 is 14.6 Å². The zero-order valence-electron chi connectivity index (χ0n) is 11.2. The van der Waals surface area contributed by atoms with Crippen molar-refractivity contribution in [2.45, 2.75) is 45.1 Å². The quantitative estimate of drug-likeness (QED) is 0.791. The van der Waals surface area contributed by atoms with Crippen molar-refractivity contribution in [1.82, 2.24) is 4.90 Å². The molecule has 1 N–H and O–H groups in total. The maximum atomic E-state index is 12.6. The van der Waals surface area contributed by atoms with Crippen LogP contribution in [0.5, 0.6) is 0 Å². The van der Waals surface area contributed by atoms with E-state index >= 15 is 0 Å². The first-order chi connectivity index (χ1) is 8.54. The Hall–Kier alpha value is -0.610. The van der Waals surface area contributed by atoms with Gasteiger partial charge in [-0.1, -0.05) is 13.8 Å². The first kappa shape index (κ1) is 11.2. The minimum absolute atomic E-state index is 0.0195. The van der Waals surface area contributed by atoms with E-state index in [1.807, 2.05) is 11.8 Å². The fraction of sp³-hybridized carbons (Fsp3) is 0.929. The number of rotatable bonds is 2. The number of hydrogen-bond donors (Lipinski definition) is 1. The molecule has 4 nitrogen and oxygen atoms in total. The number of likely N-dealkylation sites (tertiary alicyclic amines) is 1. The summed E-state index contributed by atoms with van der Waals surface area (Å²) < 4.78 is 6.32. The first-order valence-corrected chi connectivity index (χ1v) is 7.21. The molecule has 18 heavy (non-hydrogen) atoms. The molecule has 2 saturated heterocycles. The summed E-state index contributed by atoms with van der Waals surface area (Å²) in [6, 6.07) is 0. The van der Waals surface area contributed by atoms with Gasteiger partial charge in [0.05, 0.1) is 18.1 Å². The van der Waals surface area contributed by atoms with Gasteiger partial charge in [0, 0.05) is 18.4 Å². The Bertz CT molecular complexity index is 423. The second kappa shape index (κ2) is 3.10. The molecule has 4 rings (SSSR count). The number of aliphatic hydroxyl groups is 1. The molecule has 7 atom stereocenters. The third kappa shape index (κ3) is 0.874. The van der Waals surface area contributed by atoms with E-state index in [1.54, 1.807) is 0 Å². The summed E-state index contributed by atoms with van der Waals surface area (Å²) in [6.45, 7) is 7.03. The highest BCUT2D eigenvalue weighted by Gasteiger charge is 2.78. The van der Waals surface area contributed by atoms with Crippen LogP contribution in [0.15, 0.2) is 0 Å². The van der Waals surface area contributed by atoms with E-state index in [0.717, 1.165) is 6.42 Å². The lowest BCUT2D eigenvalue weighted by Crippen LogP contribution is -2.54. The molecule has 0 aromatic rings. The minimum atomic E-state index is -0.432. The summed E-state index contributed by atoms with van der Waals surface area (Å²) in [5.74, 6) is 1.40. The van der Waals surface area contributed by atoms with Crippen LogP contribution < -0.4 is 0 Å². The lowest BCUT2D eigenvalue weighted by molar-refractivity contribution is -0.191. The van der Waals surface area contributed by atoms with Crippen molar-refractivity contribution in [2.75, 3.05) is 6.54 Å². The Labute approximate surface area is 107 Å². The van der Waals surface area contributed by atoms with Crippen molar-refractivity contribution in [1.29, 1.82) is 0 Å². The summed E-state index contributed by atoms with van der Waals surface area (Å²) in [6.07, 6.45) is 0.541. The predicted molar refractivity (Wildman–Crippen MR) is 64.4 cm³/mol. The molecule has 4 heteroatoms. The van der Waals surface area contributed by atoms with Crippen molar-refractivity contribution in [2.24, 2.45) is 29.6 Å². The monoisotopic (exact) mass is 251 g/mol. The van der Waals surface area contributed by atoms with Gasteiger partial charge in [-0.25, -0.2) is 0 Å². The highest BCUT2D eigenvalue weighted by Crippen LogP contribution is 2.68. The lowest BCUT2D eigenvalue weighted by atomic mass is 9.74. The Kier molecular flexibility index (Phi) is 1.93. The third-order valence-electron chi connectivity index (χ3n) is 5.97. The molecule has 4 aliphatic rings. The van der Waals surface area contributed by atoms with Gasteiger partial charge in [-0.15, -0.1) is 0 Å². The molecular weight excluding hydrogens is 230 g/mol. The van der Waals surface area contributed by atoms with Gasteiger partial charge in [-0.05, 0) is 25.2 Å². The Morgan fingerprint density at radius 3 is 2.83 bits per heavy atom. The first-order valence-electron chi connectivity index (χ1n) is 7.21. The molecule has 100 valence electrons. The van der Waals surface area contributed by atoms with Gasteiger partial charge in [0.15, 0.2) is 0 Å². The van der Waals surface area contributed by atoms with E-state index in [4.69, 9.17) is 4.74 Å². The number of aliphatic hydroxyl groups excluding tert-OH is 1. The zero-order valence-corrected chi connectivity index (χ0v) is 11.2. The van der Waals surface area contributed by atoms with Crippen molar-refractivity contribution >= 4 is 5.91 Å². The fourth-order valence-corrected chi connectivity index (χ4v) is 5.51. The fourth-order valence-electron chi connectivity index (χ4n) is 5.51. The van der Waals surface area contributed by atoms with Crippen LogP contribution in [0, 0.1) is 29.6 Å². The number of carbonyl (C=O) groups excluding carboxylic acids is 1. The highest BCUT2D eigenvalue weighted by atomic mass is 16.6. The van der Waals surface area contributed by atoms with E-state index in [2.05, 4.69) is 13.8 Å². The Morgan fingerprint density at radius 2 is 2.22 bits per heavy atom. The van der Waals surface area contributed by atoms with Crippen LogP contribution >= 0.6 is 0 Å². The SMILES string of the molecule is CCN1C(=O)C2C3CC4C(OC1(C(C)C)C42)C3O. The van der Waals surface area contributed by atoms with E-state index in [0.29, 0.717) is 18.4 Å². The molecule has 2 saturated carbocycles. The van der Waals surface area contributed by atoms with Gasteiger partial charge < -0.3 is 14.7 Å². The number of nitrogens with zero attached hydrogens (tertiary/aromatic N) is 1. The van der Waals surface area contributed by atoms with E-state index in [-0.39, 0.29) is 29.8 Å². The van der Waals surface area contributed by atoms with E-state index in [9.17, 15) is 9.90 Å². The van der Waals surface area contributed by atoms with Crippen LogP contribution in [0.3, 0.4) is 0 Å². The van der Waals surface area contributed by atoms with Crippen molar-refractivity contribution in [3.63, 3.8) is 0 Å². The average molecular weight is 251 g/mol. The molecule has 2 aliphatic heterocycles. The maximum Gasteiger partial charge on any atom is 0.228 e. The molecule has 0 spiro atoms. The number of carbonyl (C=O) groups is 1. The summed E-state index contributed by atoms with van der Waals surface area (Å²) in [5, 5.41) is 10.3. The van der Waals surface area contributed by atoms with Crippen molar-refractivity contribution in [3.05, 3.63) is 0 Å². The average Bonchev–Trinajstić information content (AvgIpc) is 2.95. The molecule has 2 heterocycles. The van der Waals surface area contributed by atoms with E-state index in [1.165, 1.54) is 0 Å². The third-order valence-corrected chi connectivity index (χ3v) is 5.97.